The number of carbonyl (C=O) groups excluding carboxylic acids is 2. The summed E-state index contributed by atoms with van der Waals surface area (Å²) in [5, 5.41) is 13.5. The van der Waals surface area contributed by atoms with Gasteiger partial charge in [-0.3, -0.25) is 19.7 Å². The van der Waals surface area contributed by atoms with Gasteiger partial charge >= 0.3 is 5.69 Å². The second-order valence-corrected chi connectivity index (χ2v) is 8.46. The summed E-state index contributed by atoms with van der Waals surface area (Å²) in [4.78, 5) is 38.3. The molecular weight excluding hydrogens is 472 g/mol. The number of halogens is 2. The van der Waals surface area contributed by atoms with Gasteiger partial charge in [-0.2, -0.15) is 4.39 Å². The van der Waals surface area contributed by atoms with Crippen LogP contribution in [0.25, 0.3) is 0 Å². The van der Waals surface area contributed by atoms with Crippen LogP contribution in [0.5, 0.6) is 5.75 Å². The molecule has 36 heavy (non-hydrogen) atoms. The summed E-state index contributed by atoms with van der Waals surface area (Å²) in [6.07, 6.45) is 0.185. The number of carbonyl (C=O) groups is 2. The summed E-state index contributed by atoms with van der Waals surface area (Å²) in [6.45, 7) is 1.91. The SMILES string of the molecule is COc1ccccc1C1C(C(=O)Nc2cc([N+](=O)[O-])c(F)cc2F)CCC(=O)N1c1ccc(C)cc1. The first-order chi connectivity index (χ1) is 17.2. The van der Waals surface area contributed by atoms with Crippen molar-refractivity contribution in [2.75, 3.05) is 17.3 Å². The minimum atomic E-state index is -1.35. The normalized spacial score (nSPS) is 17.6. The maximum atomic E-state index is 14.4. The van der Waals surface area contributed by atoms with Gasteiger partial charge < -0.3 is 15.0 Å². The monoisotopic (exact) mass is 495 g/mol. The molecule has 2 amide bonds. The van der Waals surface area contributed by atoms with Gasteiger partial charge in [0, 0.05) is 29.8 Å². The molecule has 1 heterocycles. The molecule has 10 heteroatoms. The van der Waals surface area contributed by atoms with Crippen molar-refractivity contribution in [1.82, 2.24) is 0 Å². The van der Waals surface area contributed by atoms with Crippen LogP contribution in [0, 0.1) is 34.6 Å². The standard InChI is InChI=1S/C26H23F2N3O5/c1-15-7-9-16(10-8-15)30-24(32)12-11-18(25(30)17-5-3-4-6-23(17)36-2)26(33)29-21-14-22(31(34)35)20(28)13-19(21)27/h3-10,13-14,18,25H,11-12H2,1-2H3,(H,29,33). The van der Waals surface area contributed by atoms with E-state index in [1.54, 1.807) is 36.4 Å². The van der Waals surface area contributed by atoms with E-state index in [0.29, 0.717) is 29.1 Å². The first kappa shape index (κ1) is 24.8. The van der Waals surface area contributed by atoms with Crippen molar-refractivity contribution in [3.8, 4) is 5.75 Å². The molecule has 2 unspecified atom stereocenters. The van der Waals surface area contributed by atoms with E-state index in [1.165, 1.54) is 12.0 Å². The minimum Gasteiger partial charge on any atom is -0.496 e. The van der Waals surface area contributed by atoms with E-state index in [0.717, 1.165) is 5.56 Å². The zero-order valence-corrected chi connectivity index (χ0v) is 19.5. The van der Waals surface area contributed by atoms with Crippen molar-refractivity contribution in [3.05, 3.63) is 93.5 Å². The first-order valence-electron chi connectivity index (χ1n) is 11.2. The highest BCUT2D eigenvalue weighted by Crippen LogP contribution is 2.43. The van der Waals surface area contributed by atoms with Crippen LogP contribution in [0.2, 0.25) is 0 Å². The Bertz CT molecular complexity index is 1330. The molecule has 1 N–H and O–H groups in total. The second kappa shape index (κ2) is 10.1. The molecule has 0 bridgehead atoms. The van der Waals surface area contributed by atoms with E-state index >= 15 is 0 Å². The Morgan fingerprint density at radius 3 is 2.47 bits per heavy atom. The van der Waals surface area contributed by atoms with Gasteiger partial charge in [0.05, 0.1) is 29.7 Å². The van der Waals surface area contributed by atoms with Crippen LogP contribution in [-0.4, -0.2) is 23.8 Å². The number of hydrogen-bond acceptors (Lipinski definition) is 5. The van der Waals surface area contributed by atoms with Crippen LogP contribution < -0.4 is 15.0 Å². The van der Waals surface area contributed by atoms with E-state index in [4.69, 9.17) is 4.74 Å². The zero-order chi connectivity index (χ0) is 26.0. The molecule has 4 rings (SSSR count). The predicted molar refractivity (Wildman–Crippen MR) is 129 cm³/mol. The summed E-state index contributed by atoms with van der Waals surface area (Å²) < 4.78 is 33.7. The van der Waals surface area contributed by atoms with Crippen LogP contribution in [0.1, 0.15) is 30.0 Å². The van der Waals surface area contributed by atoms with Gasteiger partial charge in [-0.15, -0.1) is 0 Å². The van der Waals surface area contributed by atoms with Gasteiger partial charge in [0.25, 0.3) is 0 Å². The summed E-state index contributed by atoms with van der Waals surface area (Å²) in [5.74, 6) is -3.80. The number of nitro groups is 1. The van der Waals surface area contributed by atoms with Crippen molar-refractivity contribution >= 4 is 28.9 Å². The molecule has 0 spiro atoms. The van der Waals surface area contributed by atoms with Crippen molar-refractivity contribution < 1.29 is 28.0 Å². The lowest BCUT2D eigenvalue weighted by Gasteiger charge is -2.41. The number of methoxy groups -OCH3 is 1. The van der Waals surface area contributed by atoms with E-state index in [1.807, 2.05) is 19.1 Å². The van der Waals surface area contributed by atoms with Gasteiger partial charge in [-0.05, 0) is 31.5 Å². The highest BCUT2D eigenvalue weighted by atomic mass is 19.1. The van der Waals surface area contributed by atoms with Crippen molar-refractivity contribution in [2.45, 2.75) is 25.8 Å². The number of nitrogens with zero attached hydrogens (tertiary/aromatic N) is 2. The number of anilines is 2. The summed E-state index contributed by atoms with van der Waals surface area (Å²) in [5.41, 5.74) is 0.639. The number of aryl methyl sites for hydroxylation is 1. The molecule has 1 aliphatic rings. The van der Waals surface area contributed by atoms with Crippen LogP contribution in [-0.2, 0) is 9.59 Å². The Morgan fingerprint density at radius 2 is 1.81 bits per heavy atom. The molecule has 1 saturated heterocycles. The van der Waals surface area contributed by atoms with Gasteiger partial charge in [0.1, 0.15) is 11.6 Å². The Morgan fingerprint density at radius 1 is 1.11 bits per heavy atom. The smallest absolute Gasteiger partial charge is 0.307 e. The average Bonchev–Trinajstić information content (AvgIpc) is 2.85. The summed E-state index contributed by atoms with van der Waals surface area (Å²) in [6, 6.07) is 14.4. The quantitative estimate of drug-likeness (QED) is 0.369. The third-order valence-electron chi connectivity index (χ3n) is 6.19. The minimum absolute atomic E-state index is 0.0453. The molecule has 186 valence electrons. The van der Waals surface area contributed by atoms with E-state index in [2.05, 4.69) is 5.32 Å². The Labute approximate surface area is 205 Å². The number of hydrogen-bond donors (Lipinski definition) is 1. The van der Waals surface area contributed by atoms with Crippen LogP contribution in [0.4, 0.5) is 25.8 Å². The third kappa shape index (κ3) is 4.74. The molecule has 0 aliphatic carbocycles. The molecule has 1 fully saturated rings. The van der Waals surface area contributed by atoms with Crippen molar-refractivity contribution in [2.24, 2.45) is 5.92 Å². The topological polar surface area (TPSA) is 102 Å². The van der Waals surface area contributed by atoms with Crippen molar-refractivity contribution in [3.63, 3.8) is 0 Å². The number of nitrogens with one attached hydrogen (secondary N) is 1. The fourth-order valence-electron chi connectivity index (χ4n) is 4.44. The molecule has 0 aromatic heterocycles. The molecule has 0 radical (unpaired) electrons. The number of benzene rings is 3. The Hall–Kier alpha value is -4.34. The van der Waals surface area contributed by atoms with Gasteiger partial charge in [-0.25, -0.2) is 4.39 Å². The maximum absolute atomic E-state index is 14.4. The third-order valence-corrected chi connectivity index (χ3v) is 6.19. The molecule has 2 atom stereocenters. The van der Waals surface area contributed by atoms with Gasteiger partial charge in [0.15, 0.2) is 0 Å². The number of rotatable bonds is 6. The van der Waals surface area contributed by atoms with Gasteiger partial charge in [-0.1, -0.05) is 35.9 Å². The molecular formula is C26H23F2N3O5. The summed E-state index contributed by atoms with van der Waals surface area (Å²) in [7, 11) is 1.47. The molecule has 1 aliphatic heterocycles. The molecule has 3 aromatic carbocycles. The Balaban J connectivity index is 1.78. The number of para-hydroxylation sites is 1. The molecule has 3 aromatic rings. The van der Waals surface area contributed by atoms with Gasteiger partial charge in [0.2, 0.25) is 17.6 Å². The second-order valence-electron chi connectivity index (χ2n) is 8.46. The maximum Gasteiger partial charge on any atom is 0.307 e. The number of piperidine rings is 1. The lowest BCUT2D eigenvalue weighted by atomic mass is 9.82. The van der Waals surface area contributed by atoms with Crippen LogP contribution >= 0.6 is 0 Å². The fourth-order valence-corrected chi connectivity index (χ4v) is 4.44. The highest BCUT2D eigenvalue weighted by Gasteiger charge is 2.43. The number of amides is 2. The van der Waals surface area contributed by atoms with E-state index < -0.39 is 45.8 Å². The molecule has 8 nitrogen and oxygen atoms in total. The average molecular weight is 495 g/mol. The summed E-state index contributed by atoms with van der Waals surface area (Å²) >= 11 is 0. The van der Waals surface area contributed by atoms with E-state index in [9.17, 15) is 28.5 Å². The Kier molecular flexibility index (Phi) is 6.96. The van der Waals surface area contributed by atoms with Crippen LogP contribution in [0.3, 0.4) is 0 Å². The first-order valence-corrected chi connectivity index (χ1v) is 11.2. The highest BCUT2D eigenvalue weighted by molar-refractivity contribution is 6.00. The van der Waals surface area contributed by atoms with E-state index in [-0.39, 0.29) is 18.7 Å². The lowest BCUT2D eigenvalue weighted by molar-refractivity contribution is -0.387. The largest absolute Gasteiger partial charge is 0.496 e. The predicted octanol–water partition coefficient (Wildman–Crippen LogP) is 5.31. The lowest BCUT2D eigenvalue weighted by Crippen LogP contribution is -2.47. The van der Waals surface area contributed by atoms with Crippen LogP contribution in [0.15, 0.2) is 60.7 Å². The molecule has 0 saturated carbocycles. The number of nitro benzene ring substituents is 1. The number of ether oxygens (including phenoxy) is 1. The fraction of sp³-hybridized carbons (Fsp3) is 0.231. The zero-order valence-electron chi connectivity index (χ0n) is 19.5. The van der Waals surface area contributed by atoms with Crippen molar-refractivity contribution in [1.29, 1.82) is 0 Å².